The summed E-state index contributed by atoms with van der Waals surface area (Å²) in [7, 11) is 0. The van der Waals surface area contributed by atoms with E-state index in [0.29, 0.717) is 16.8 Å². The summed E-state index contributed by atoms with van der Waals surface area (Å²) in [4.78, 5) is 8.91. The molecule has 7 heteroatoms. The Balaban J connectivity index is 0.00000153. The van der Waals surface area contributed by atoms with Gasteiger partial charge in [-0.2, -0.15) is 13.2 Å². The standard InChI is InChI=1S/C25H14F4N2.CH3.Ni/c26-19-12-2-4-14-21(19)31-24-17-10-6-8-15-7-5-9-16(22(15)17)23(24)30-20-13-3-1-11-18(20)25(27,28)29;;/h1-14H;1H3;/q;-1;. The van der Waals surface area contributed by atoms with Crippen LogP contribution in [0.1, 0.15) is 16.7 Å². The molecule has 0 atom stereocenters. The van der Waals surface area contributed by atoms with Gasteiger partial charge in [0.2, 0.25) is 0 Å². The molecule has 0 unspecified atom stereocenters. The Kier molecular flexibility index (Phi) is 6.84. The molecule has 4 aromatic rings. The summed E-state index contributed by atoms with van der Waals surface area (Å²) in [6.07, 6.45) is -4.55. The Morgan fingerprint density at radius 3 is 1.70 bits per heavy atom. The first-order valence-electron chi connectivity index (χ1n) is 9.54. The average Bonchev–Trinajstić information content (AvgIpc) is 3.04. The number of nitrogens with zero attached hydrogens (tertiary/aromatic N) is 2. The Morgan fingerprint density at radius 2 is 1.12 bits per heavy atom. The second-order valence-electron chi connectivity index (χ2n) is 7.10. The fraction of sp³-hybridized carbons (Fsp3) is 0.0385. The quantitative estimate of drug-likeness (QED) is 0.156. The number of halogens is 4. The number of para-hydroxylation sites is 2. The smallest absolute Gasteiger partial charge is 0.358 e. The summed E-state index contributed by atoms with van der Waals surface area (Å²) in [6.45, 7) is 0. The number of benzene rings is 4. The topological polar surface area (TPSA) is 24.7 Å². The van der Waals surface area contributed by atoms with E-state index in [-0.39, 0.29) is 41.0 Å². The predicted octanol–water partition coefficient (Wildman–Crippen LogP) is 7.70. The van der Waals surface area contributed by atoms with Crippen molar-refractivity contribution in [3.63, 3.8) is 0 Å². The summed E-state index contributed by atoms with van der Waals surface area (Å²) in [5.74, 6) is -0.520. The van der Waals surface area contributed by atoms with Gasteiger partial charge in [0.05, 0.1) is 28.4 Å². The van der Waals surface area contributed by atoms with Gasteiger partial charge >= 0.3 is 6.18 Å². The first kappa shape index (κ1) is 24.3. The van der Waals surface area contributed by atoms with Gasteiger partial charge in [0, 0.05) is 33.0 Å². The minimum Gasteiger partial charge on any atom is -0.358 e. The molecule has 0 spiro atoms. The number of hydrogen-bond acceptors (Lipinski definition) is 2. The zero-order valence-corrected chi connectivity index (χ0v) is 18.3. The van der Waals surface area contributed by atoms with Crippen molar-refractivity contribution in [1.82, 2.24) is 0 Å². The van der Waals surface area contributed by atoms with Crippen LogP contribution in [0.15, 0.2) is 94.9 Å². The fourth-order valence-corrected chi connectivity index (χ4v) is 3.81. The van der Waals surface area contributed by atoms with Crippen LogP contribution in [0.5, 0.6) is 0 Å². The third-order valence-corrected chi connectivity index (χ3v) is 5.17. The van der Waals surface area contributed by atoms with Crippen molar-refractivity contribution in [3.05, 3.63) is 115 Å². The van der Waals surface area contributed by atoms with Crippen molar-refractivity contribution in [2.75, 3.05) is 0 Å². The SMILES string of the molecule is Fc1ccccc1N=C1C(=Nc2ccccc2C(F)(F)F)c2cccc3cccc1c23.[CH3-].[Ni]. The van der Waals surface area contributed by atoms with E-state index in [4.69, 9.17) is 0 Å². The van der Waals surface area contributed by atoms with Crippen molar-refractivity contribution >= 4 is 33.6 Å². The van der Waals surface area contributed by atoms with E-state index in [2.05, 4.69) is 9.98 Å². The van der Waals surface area contributed by atoms with Crippen LogP contribution in [-0.2, 0) is 22.7 Å². The molecule has 0 aliphatic heterocycles. The Hall–Kier alpha value is -3.31. The molecule has 0 saturated heterocycles. The fourth-order valence-electron chi connectivity index (χ4n) is 3.81. The molecular formula is C26H17F4N2Ni-. The van der Waals surface area contributed by atoms with Crippen LogP contribution in [0.2, 0.25) is 0 Å². The average molecular weight is 492 g/mol. The molecule has 170 valence electrons. The Bertz CT molecular complexity index is 1390. The second-order valence-corrected chi connectivity index (χ2v) is 7.10. The number of rotatable bonds is 2. The molecule has 1 aliphatic carbocycles. The molecule has 0 fully saturated rings. The number of aliphatic imine (C=N–C) groups is 2. The minimum absolute atomic E-state index is 0. The van der Waals surface area contributed by atoms with E-state index in [1.54, 1.807) is 18.2 Å². The van der Waals surface area contributed by atoms with Crippen molar-refractivity contribution in [2.45, 2.75) is 6.18 Å². The van der Waals surface area contributed by atoms with Gasteiger partial charge in [0.25, 0.3) is 0 Å². The van der Waals surface area contributed by atoms with Gasteiger partial charge in [0.1, 0.15) is 5.82 Å². The van der Waals surface area contributed by atoms with Crippen molar-refractivity contribution < 1.29 is 34.1 Å². The van der Waals surface area contributed by atoms with Gasteiger partial charge in [-0.3, -0.25) is 0 Å². The van der Waals surface area contributed by atoms with Gasteiger partial charge in [-0.1, -0.05) is 60.7 Å². The predicted molar refractivity (Wildman–Crippen MR) is 121 cm³/mol. The summed E-state index contributed by atoms with van der Waals surface area (Å²) in [6, 6.07) is 22.3. The Morgan fingerprint density at radius 1 is 0.606 bits per heavy atom. The number of alkyl halides is 3. The monoisotopic (exact) mass is 491 g/mol. The largest absolute Gasteiger partial charge is 0.418 e. The maximum absolute atomic E-state index is 14.3. The maximum Gasteiger partial charge on any atom is 0.418 e. The van der Waals surface area contributed by atoms with Gasteiger partial charge in [-0.15, -0.1) is 0 Å². The molecule has 4 aromatic carbocycles. The van der Waals surface area contributed by atoms with Crippen molar-refractivity contribution in [2.24, 2.45) is 9.98 Å². The normalized spacial score (nSPS) is 14.9. The van der Waals surface area contributed by atoms with E-state index < -0.39 is 17.6 Å². The van der Waals surface area contributed by atoms with Crippen LogP contribution in [0.4, 0.5) is 28.9 Å². The van der Waals surface area contributed by atoms with E-state index in [1.807, 2.05) is 30.3 Å². The van der Waals surface area contributed by atoms with Crippen LogP contribution in [0, 0.1) is 13.2 Å². The zero-order valence-electron chi connectivity index (χ0n) is 17.3. The van der Waals surface area contributed by atoms with Crippen LogP contribution in [0.3, 0.4) is 0 Å². The molecule has 0 heterocycles. The molecule has 0 amide bonds. The summed E-state index contributed by atoms with van der Waals surface area (Å²) >= 11 is 0. The zero-order chi connectivity index (χ0) is 21.6. The Labute approximate surface area is 198 Å². The van der Waals surface area contributed by atoms with Crippen molar-refractivity contribution in [1.29, 1.82) is 0 Å². The van der Waals surface area contributed by atoms with E-state index >= 15 is 0 Å². The molecule has 0 saturated carbocycles. The molecule has 0 bridgehead atoms. The summed E-state index contributed by atoms with van der Waals surface area (Å²) < 4.78 is 55.0. The molecule has 1 aliphatic rings. The van der Waals surface area contributed by atoms with E-state index in [9.17, 15) is 17.6 Å². The first-order valence-corrected chi connectivity index (χ1v) is 9.54. The van der Waals surface area contributed by atoms with E-state index in [1.165, 1.54) is 30.3 Å². The van der Waals surface area contributed by atoms with E-state index in [0.717, 1.165) is 16.8 Å². The van der Waals surface area contributed by atoms with Gasteiger partial charge in [-0.25, -0.2) is 14.4 Å². The second kappa shape index (κ2) is 9.28. The molecule has 0 N–H and O–H groups in total. The van der Waals surface area contributed by atoms with Gasteiger partial charge in [0.15, 0.2) is 0 Å². The van der Waals surface area contributed by atoms with Crippen molar-refractivity contribution in [3.8, 4) is 0 Å². The molecule has 0 aromatic heterocycles. The third kappa shape index (κ3) is 4.33. The van der Waals surface area contributed by atoms with Gasteiger partial charge in [-0.05, 0) is 29.7 Å². The minimum atomic E-state index is -4.55. The van der Waals surface area contributed by atoms with Crippen LogP contribution < -0.4 is 0 Å². The first-order chi connectivity index (χ1) is 14.9. The molecule has 33 heavy (non-hydrogen) atoms. The molecular weight excluding hydrogens is 475 g/mol. The summed E-state index contributed by atoms with van der Waals surface area (Å²) in [5.41, 5.74) is 1.05. The van der Waals surface area contributed by atoms with Crippen LogP contribution in [0.25, 0.3) is 10.8 Å². The van der Waals surface area contributed by atoms with Gasteiger partial charge < -0.3 is 7.43 Å². The summed E-state index contributed by atoms with van der Waals surface area (Å²) in [5, 5.41) is 1.74. The van der Waals surface area contributed by atoms with Crippen LogP contribution in [-0.4, -0.2) is 11.4 Å². The molecule has 5 rings (SSSR count). The molecule has 2 nitrogen and oxygen atoms in total. The number of hydrogen-bond donors (Lipinski definition) is 0. The molecule has 0 radical (unpaired) electrons. The maximum atomic E-state index is 14.3. The third-order valence-electron chi connectivity index (χ3n) is 5.17. The van der Waals surface area contributed by atoms with Crippen LogP contribution >= 0.6 is 0 Å².